The molecule has 18 heavy (non-hydrogen) atoms. The van der Waals surface area contributed by atoms with Crippen molar-refractivity contribution in [3.63, 3.8) is 0 Å². The third-order valence-electron chi connectivity index (χ3n) is 3.42. The second-order valence-corrected chi connectivity index (χ2v) is 4.93. The van der Waals surface area contributed by atoms with E-state index in [-0.39, 0.29) is 12.1 Å². The number of aromatic nitrogens is 2. The van der Waals surface area contributed by atoms with Crippen molar-refractivity contribution in [2.45, 2.75) is 51.1 Å². The molecule has 1 aliphatic carbocycles. The Morgan fingerprint density at radius 1 is 1.28 bits per heavy atom. The lowest BCUT2D eigenvalue weighted by Crippen LogP contribution is -2.39. The van der Waals surface area contributed by atoms with E-state index in [1.807, 2.05) is 13.0 Å². The lowest BCUT2D eigenvalue weighted by molar-refractivity contribution is 0.396. The minimum Gasteiger partial charge on any atom is -0.481 e. The van der Waals surface area contributed by atoms with Gasteiger partial charge < -0.3 is 15.8 Å². The number of aryl methyl sites for hydroxylation is 1. The number of rotatable bonds is 3. The van der Waals surface area contributed by atoms with Gasteiger partial charge in [-0.15, -0.1) is 0 Å². The lowest BCUT2D eigenvalue weighted by Gasteiger charge is -2.22. The molecule has 1 fully saturated rings. The zero-order valence-corrected chi connectivity index (χ0v) is 11.1. The predicted octanol–water partition coefficient (Wildman–Crippen LogP) is 1.87. The fourth-order valence-electron chi connectivity index (χ4n) is 2.39. The van der Waals surface area contributed by atoms with Gasteiger partial charge >= 0.3 is 0 Å². The SMILES string of the molecule is COc1cc(C)nc(NC2CCCCCC2N)n1. The van der Waals surface area contributed by atoms with Crippen molar-refractivity contribution < 1.29 is 4.74 Å². The van der Waals surface area contributed by atoms with Crippen LogP contribution in [0.5, 0.6) is 5.88 Å². The second kappa shape index (κ2) is 6.00. The monoisotopic (exact) mass is 250 g/mol. The lowest BCUT2D eigenvalue weighted by atomic mass is 10.0. The Balaban J connectivity index is 2.09. The van der Waals surface area contributed by atoms with Crippen molar-refractivity contribution in [2.75, 3.05) is 12.4 Å². The summed E-state index contributed by atoms with van der Waals surface area (Å²) >= 11 is 0. The minimum absolute atomic E-state index is 0.183. The summed E-state index contributed by atoms with van der Waals surface area (Å²) in [6.07, 6.45) is 5.86. The van der Waals surface area contributed by atoms with E-state index in [1.165, 1.54) is 19.3 Å². The molecule has 1 aliphatic rings. The molecule has 2 atom stereocenters. The van der Waals surface area contributed by atoms with Crippen LogP contribution >= 0.6 is 0 Å². The highest BCUT2D eigenvalue weighted by Gasteiger charge is 2.21. The Morgan fingerprint density at radius 2 is 2.06 bits per heavy atom. The van der Waals surface area contributed by atoms with E-state index in [9.17, 15) is 0 Å². The molecule has 0 spiro atoms. The summed E-state index contributed by atoms with van der Waals surface area (Å²) in [5, 5.41) is 3.36. The highest BCUT2D eigenvalue weighted by molar-refractivity contribution is 5.32. The number of ether oxygens (including phenoxy) is 1. The summed E-state index contributed by atoms with van der Waals surface area (Å²) in [5.41, 5.74) is 7.08. The predicted molar refractivity (Wildman–Crippen MR) is 71.8 cm³/mol. The number of hydrogen-bond acceptors (Lipinski definition) is 5. The molecular formula is C13H22N4O. The van der Waals surface area contributed by atoms with E-state index in [0.717, 1.165) is 18.5 Å². The van der Waals surface area contributed by atoms with E-state index >= 15 is 0 Å². The highest BCUT2D eigenvalue weighted by Crippen LogP contribution is 2.20. The number of anilines is 1. The van der Waals surface area contributed by atoms with Gasteiger partial charge in [0.1, 0.15) is 0 Å². The number of nitrogens with one attached hydrogen (secondary N) is 1. The first kappa shape index (κ1) is 13.1. The van der Waals surface area contributed by atoms with Crippen molar-refractivity contribution in [3.05, 3.63) is 11.8 Å². The molecule has 3 N–H and O–H groups in total. The van der Waals surface area contributed by atoms with Crippen LogP contribution in [-0.2, 0) is 0 Å². The largest absolute Gasteiger partial charge is 0.481 e. The maximum absolute atomic E-state index is 6.19. The molecule has 0 bridgehead atoms. The molecule has 2 unspecified atom stereocenters. The van der Waals surface area contributed by atoms with Gasteiger partial charge in [-0.3, -0.25) is 0 Å². The van der Waals surface area contributed by atoms with E-state index in [1.54, 1.807) is 7.11 Å². The summed E-state index contributed by atoms with van der Waals surface area (Å²) in [4.78, 5) is 8.69. The smallest absolute Gasteiger partial charge is 0.226 e. The Bertz CT molecular complexity index is 397. The van der Waals surface area contributed by atoms with Gasteiger partial charge in [-0.2, -0.15) is 4.98 Å². The first-order chi connectivity index (χ1) is 8.69. The molecule has 0 aliphatic heterocycles. The molecule has 1 saturated carbocycles. The van der Waals surface area contributed by atoms with Crippen molar-refractivity contribution in [1.29, 1.82) is 0 Å². The summed E-state index contributed by atoms with van der Waals surface area (Å²) in [6, 6.07) is 2.26. The van der Waals surface area contributed by atoms with Crippen LogP contribution in [0.3, 0.4) is 0 Å². The van der Waals surface area contributed by atoms with Crippen LogP contribution in [0.1, 0.15) is 37.8 Å². The molecule has 1 heterocycles. The summed E-state index contributed by atoms with van der Waals surface area (Å²) in [6.45, 7) is 1.93. The molecule has 5 heteroatoms. The van der Waals surface area contributed by atoms with Gasteiger partial charge in [0.25, 0.3) is 0 Å². The second-order valence-electron chi connectivity index (χ2n) is 4.93. The van der Waals surface area contributed by atoms with Gasteiger partial charge in [-0.1, -0.05) is 19.3 Å². The fraction of sp³-hybridized carbons (Fsp3) is 0.692. The van der Waals surface area contributed by atoms with Crippen LogP contribution in [0.4, 0.5) is 5.95 Å². The molecule has 0 aromatic carbocycles. The molecule has 0 saturated heterocycles. The van der Waals surface area contributed by atoms with E-state index < -0.39 is 0 Å². The molecule has 1 aromatic rings. The quantitative estimate of drug-likeness (QED) is 0.801. The topological polar surface area (TPSA) is 73.1 Å². The fourth-order valence-corrected chi connectivity index (χ4v) is 2.39. The minimum atomic E-state index is 0.183. The average Bonchev–Trinajstić information content (AvgIpc) is 2.54. The van der Waals surface area contributed by atoms with Gasteiger partial charge in [0.2, 0.25) is 11.8 Å². The Kier molecular flexibility index (Phi) is 4.36. The molecule has 100 valence electrons. The zero-order valence-electron chi connectivity index (χ0n) is 11.1. The van der Waals surface area contributed by atoms with E-state index in [2.05, 4.69) is 15.3 Å². The Labute approximate surface area is 108 Å². The Hall–Kier alpha value is -1.36. The van der Waals surface area contributed by atoms with Crippen LogP contribution in [0.2, 0.25) is 0 Å². The number of hydrogen-bond donors (Lipinski definition) is 2. The van der Waals surface area contributed by atoms with Gasteiger partial charge in [-0.25, -0.2) is 4.98 Å². The summed E-state index contributed by atoms with van der Waals surface area (Å²) in [5.74, 6) is 1.21. The highest BCUT2D eigenvalue weighted by atomic mass is 16.5. The normalized spacial score (nSPS) is 24.4. The number of nitrogens with two attached hydrogens (primary N) is 1. The third-order valence-corrected chi connectivity index (χ3v) is 3.42. The van der Waals surface area contributed by atoms with Crippen LogP contribution in [-0.4, -0.2) is 29.2 Å². The summed E-state index contributed by atoms with van der Waals surface area (Å²) < 4.78 is 5.15. The maximum atomic E-state index is 6.19. The van der Waals surface area contributed by atoms with Gasteiger partial charge in [-0.05, 0) is 19.8 Å². The van der Waals surface area contributed by atoms with E-state index in [4.69, 9.17) is 10.5 Å². The van der Waals surface area contributed by atoms with Crippen molar-refractivity contribution >= 4 is 5.95 Å². The third kappa shape index (κ3) is 3.32. The Morgan fingerprint density at radius 3 is 2.83 bits per heavy atom. The number of methoxy groups -OCH3 is 1. The average molecular weight is 250 g/mol. The molecule has 5 nitrogen and oxygen atoms in total. The first-order valence-electron chi connectivity index (χ1n) is 6.61. The zero-order chi connectivity index (χ0) is 13.0. The molecule has 0 radical (unpaired) electrons. The van der Waals surface area contributed by atoms with Gasteiger partial charge in [0.15, 0.2) is 0 Å². The van der Waals surface area contributed by atoms with Crippen LogP contribution in [0.25, 0.3) is 0 Å². The molecular weight excluding hydrogens is 228 g/mol. The van der Waals surface area contributed by atoms with Crippen molar-refractivity contribution in [1.82, 2.24) is 9.97 Å². The summed E-state index contributed by atoms with van der Waals surface area (Å²) in [7, 11) is 1.61. The molecule has 2 rings (SSSR count). The van der Waals surface area contributed by atoms with Crippen LogP contribution in [0, 0.1) is 6.92 Å². The van der Waals surface area contributed by atoms with Crippen LogP contribution < -0.4 is 15.8 Å². The van der Waals surface area contributed by atoms with Crippen molar-refractivity contribution in [2.24, 2.45) is 5.73 Å². The maximum Gasteiger partial charge on any atom is 0.226 e. The van der Waals surface area contributed by atoms with Gasteiger partial charge in [0, 0.05) is 23.8 Å². The van der Waals surface area contributed by atoms with E-state index in [0.29, 0.717) is 11.8 Å². The first-order valence-corrected chi connectivity index (χ1v) is 6.61. The van der Waals surface area contributed by atoms with Crippen LogP contribution in [0.15, 0.2) is 6.07 Å². The standard InChI is InChI=1S/C13H22N4O/c1-9-8-12(18-2)17-13(15-9)16-11-7-5-3-4-6-10(11)14/h8,10-11H,3-7,14H2,1-2H3,(H,15,16,17). The molecule has 1 aromatic heterocycles. The molecule has 0 amide bonds. The van der Waals surface area contributed by atoms with Crippen molar-refractivity contribution in [3.8, 4) is 5.88 Å². The van der Waals surface area contributed by atoms with Gasteiger partial charge in [0.05, 0.1) is 7.11 Å². The number of nitrogens with zero attached hydrogens (tertiary/aromatic N) is 2.